The summed E-state index contributed by atoms with van der Waals surface area (Å²) >= 11 is 0. The second-order valence-electron chi connectivity index (χ2n) is 7.94. The number of carbonyl (C=O) groups excluding carboxylic acids is 2. The van der Waals surface area contributed by atoms with Crippen molar-refractivity contribution in [2.45, 2.75) is 31.7 Å². The molecule has 2 aromatic heterocycles. The number of rotatable bonds is 6. The number of aromatic nitrogens is 3. The van der Waals surface area contributed by atoms with E-state index in [1.165, 1.54) is 36.1 Å². The van der Waals surface area contributed by atoms with Crippen molar-refractivity contribution in [3.05, 3.63) is 77.1 Å². The van der Waals surface area contributed by atoms with Crippen LogP contribution in [0.5, 0.6) is 0 Å². The third-order valence-electron chi connectivity index (χ3n) is 5.24. The molecule has 1 aromatic carbocycles. The maximum absolute atomic E-state index is 13.5. The van der Waals surface area contributed by atoms with Gasteiger partial charge < -0.3 is 10.6 Å². The Morgan fingerprint density at radius 3 is 2.32 bits per heavy atom. The van der Waals surface area contributed by atoms with Crippen molar-refractivity contribution in [2.24, 2.45) is 5.73 Å². The van der Waals surface area contributed by atoms with Gasteiger partial charge in [0.1, 0.15) is 11.9 Å². The van der Waals surface area contributed by atoms with E-state index in [0.717, 1.165) is 17.0 Å². The number of nitrogens with two attached hydrogens (primary N) is 1. The Bertz CT molecular complexity index is 1390. The molecule has 0 fully saturated rings. The molecule has 3 rings (SSSR count). The number of benzene rings is 1. The first-order valence-electron chi connectivity index (χ1n) is 10.7. The van der Waals surface area contributed by atoms with Crippen LogP contribution < -0.4 is 10.6 Å². The highest BCUT2D eigenvalue weighted by Crippen LogP contribution is 2.36. The van der Waals surface area contributed by atoms with Crippen molar-refractivity contribution in [3.8, 4) is 11.8 Å². The van der Waals surface area contributed by atoms with E-state index in [-0.39, 0.29) is 24.5 Å². The molecule has 0 aliphatic rings. The monoisotopic (exact) mass is 541 g/mol. The molecule has 0 aliphatic carbocycles. The third-order valence-corrected chi connectivity index (χ3v) is 5.24. The number of amides is 2. The highest BCUT2D eigenvalue weighted by molar-refractivity contribution is 5.95. The van der Waals surface area contributed by atoms with Crippen LogP contribution in [0.15, 0.2) is 48.9 Å². The Kier molecular flexibility index (Phi) is 8.09. The zero-order chi connectivity index (χ0) is 28.3. The van der Waals surface area contributed by atoms with Crippen molar-refractivity contribution < 1.29 is 40.3 Å². The summed E-state index contributed by atoms with van der Waals surface area (Å²) in [6, 6.07) is 3.52. The molecule has 0 spiro atoms. The second-order valence-corrected chi connectivity index (χ2v) is 7.94. The highest BCUT2D eigenvalue weighted by atomic mass is 19.4. The first-order valence-corrected chi connectivity index (χ1v) is 10.7. The van der Waals surface area contributed by atoms with Crippen LogP contribution in [-0.4, -0.2) is 33.1 Å². The van der Waals surface area contributed by atoms with Gasteiger partial charge >= 0.3 is 12.4 Å². The smallest absolute Gasteiger partial charge is 0.368 e. The van der Waals surface area contributed by atoms with Gasteiger partial charge in [-0.1, -0.05) is 11.8 Å². The Morgan fingerprint density at radius 2 is 1.74 bits per heavy atom. The SMILES string of the molecule is CC(C(N)=O)n1cc(C#CCN(C(=O)Cc2ncc(C(F)(F)F)cc2C(F)(F)F)c2ccc(F)cc2)cn1. The van der Waals surface area contributed by atoms with Crippen molar-refractivity contribution >= 4 is 17.5 Å². The molecule has 14 heteroatoms. The molecule has 2 N–H and O–H groups in total. The van der Waals surface area contributed by atoms with Gasteiger partial charge in [-0.05, 0) is 37.3 Å². The number of halogens is 7. The lowest BCUT2D eigenvalue weighted by atomic mass is 10.1. The van der Waals surface area contributed by atoms with E-state index < -0.39 is 59.3 Å². The maximum Gasteiger partial charge on any atom is 0.418 e. The molecule has 0 bridgehead atoms. The molecule has 2 amide bonds. The zero-order valence-electron chi connectivity index (χ0n) is 19.4. The predicted molar refractivity (Wildman–Crippen MR) is 120 cm³/mol. The van der Waals surface area contributed by atoms with Crippen LogP contribution in [0.2, 0.25) is 0 Å². The fraction of sp³-hybridized carbons (Fsp3) is 0.250. The lowest BCUT2D eigenvalue weighted by Crippen LogP contribution is -2.33. The van der Waals surface area contributed by atoms with E-state index in [0.29, 0.717) is 5.56 Å². The Balaban J connectivity index is 1.91. The van der Waals surface area contributed by atoms with Gasteiger partial charge in [-0.15, -0.1) is 0 Å². The molecule has 0 saturated carbocycles. The summed E-state index contributed by atoms with van der Waals surface area (Å²) < 4.78 is 94.0. The minimum absolute atomic E-state index is 0.0733. The number of nitrogens with zero attached hydrogens (tertiary/aromatic N) is 4. The van der Waals surface area contributed by atoms with Crippen LogP contribution in [0.25, 0.3) is 0 Å². The molecule has 200 valence electrons. The number of hydrogen-bond acceptors (Lipinski definition) is 4. The molecular weight excluding hydrogens is 523 g/mol. The lowest BCUT2D eigenvalue weighted by Gasteiger charge is -2.21. The topological polar surface area (TPSA) is 94.1 Å². The molecular formula is C24H18F7N5O2. The number of carbonyl (C=O) groups is 2. The van der Waals surface area contributed by atoms with Gasteiger partial charge in [0.15, 0.2) is 0 Å². The van der Waals surface area contributed by atoms with Crippen LogP contribution in [0.1, 0.15) is 35.3 Å². The Hall–Kier alpha value is -4.41. The van der Waals surface area contributed by atoms with E-state index in [1.54, 1.807) is 0 Å². The number of anilines is 1. The first-order chi connectivity index (χ1) is 17.7. The standard InChI is InChI=1S/C24H18F7N5O2/c1-14(22(32)38)36-13-15(11-34-36)3-2-8-35(18-6-4-17(25)5-7-18)21(37)10-20-19(24(29,30)31)9-16(12-33-20)23(26,27)28/h4-7,9,11-14H,8,10H2,1H3,(H2,32,38). The predicted octanol–water partition coefficient (Wildman–Crippen LogP) is 4.13. The molecule has 0 aliphatic heterocycles. The van der Waals surface area contributed by atoms with Crippen LogP contribution in [0, 0.1) is 17.7 Å². The molecule has 1 atom stereocenters. The van der Waals surface area contributed by atoms with Crippen LogP contribution >= 0.6 is 0 Å². The molecule has 1 unspecified atom stereocenters. The van der Waals surface area contributed by atoms with Crippen molar-refractivity contribution in [2.75, 3.05) is 11.4 Å². The number of primary amides is 1. The largest absolute Gasteiger partial charge is 0.418 e. The summed E-state index contributed by atoms with van der Waals surface area (Å²) in [6.45, 7) is 1.12. The summed E-state index contributed by atoms with van der Waals surface area (Å²) in [5, 5.41) is 3.95. The van der Waals surface area contributed by atoms with E-state index in [4.69, 9.17) is 5.73 Å². The van der Waals surface area contributed by atoms with Crippen LogP contribution in [-0.2, 0) is 28.4 Å². The van der Waals surface area contributed by atoms with Gasteiger partial charge in [-0.2, -0.15) is 31.4 Å². The quantitative estimate of drug-likeness (QED) is 0.375. The minimum atomic E-state index is -5.22. The molecule has 3 aromatic rings. The number of hydrogen-bond donors (Lipinski definition) is 1. The fourth-order valence-electron chi connectivity index (χ4n) is 3.18. The average Bonchev–Trinajstić information content (AvgIpc) is 3.29. The van der Waals surface area contributed by atoms with Crippen molar-refractivity contribution in [1.29, 1.82) is 0 Å². The van der Waals surface area contributed by atoms with E-state index in [1.807, 2.05) is 0 Å². The van der Waals surface area contributed by atoms with Crippen molar-refractivity contribution in [3.63, 3.8) is 0 Å². The molecule has 7 nitrogen and oxygen atoms in total. The molecule has 0 radical (unpaired) electrons. The van der Waals surface area contributed by atoms with Gasteiger partial charge in [-0.25, -0.2) is 4.39 Å². The van der Waals surface area contributed by atoms with Crippen LogP contribution in [0.3, 0.4) is 0 Å². The van der Waals surface area contributed by atoms with E-state index >= 15 is 0 Å². The van der Waals surface area contributed by atoms with E-state index in [2.05, 4.69) is 21.9 Å². The van der Waals surface area contributed by atoms with Crippen molar-refractivity contribution in [1.82, 2.24) is 14.8 Å². The second kappa shape index (κ2) is 10.9. The maximum atomic E-state index is 13.5. The average molecular weight is 541 g/mol. The lowest BCUT2D eigenvalue weighted by molar-refractivity contribution is -0.144. The van der Waals surface area contributed by atoms with E-state index in [9.17, 15) is 40.3 Å². The van der Waals surface area contributed by atoms with Gasteiger partial charge in [0.05, 0.1) is 41.5 Å². The summed E-state index contributed by atoms with van der Waals surface area (Å²) in [6.07, 6.45) is -8.36. The Morgan fingerprint density at radius 1 is 1.08 bits per heavy atom. The molecule has 0 saturated heterocycles. The van der Waals surface area contributed by atoms with Gasteiger partial charge in [0, 0.05) is 18.1 Å². The van der Waals surface area contributed by atoms with Gasteiger partial charge in [-0.3, -0.25) is 19.3 Å². The summed E-state index contributed by atoms with van der Waals surface area (Å²) in [5.74, 6) is 3.04. The minimum Gasteiger partial charge on any atom is -0.368 e. The van der Waals surface area contributed by atoms with Gasteiger partial charge in [0.2, 0.25) is 11.8 Å². The highest BCUT2D eigenvalue weighted by Gasteiger charge is 2.39. The first kappa shape index (κ1) is 28.2. The fourth-order valence-corrected chi connectivity index (χ4v) is 3.18. The number of pyridine rings is 1. The number of alkyl halides is 6. The Labute approximate surface area is 211 Å². The normalized spacial score (nSPS) is 12.4. The third kappa shape index (κ3) is 6.87. The summed E-state index contributed by atoms with van der Waals surface area (Å²) in [7, 11) is 0. The molecule has 2 heterocycles. The summed E-state index contributed by atoms with van der Waals surface area (Å²) in [5.41, 5.74) is 1.38. The zero-order valence-corrected chi connectivity index (χ0v) is 19.4. The molecule has 38 heavy (non-hydrogen) atoms. The van der Waals surface area contributed by atoms with Gasteiger partial charge in [0.25, 0.3) is 0 Å². The summed E-state index contributed by atoms with van der Waals surface area (Å²) in [4.78, 5) is 28.5. The van der Waals surface area contributed by atoms with Crippen LogP contribution in [0.4, 0.5) is 36.4 Å².